The summed E-state index contributed by atoms with van der Waals surface area (Å²) in [6.45, 7) is 2.75. The van der Waals surface area contributed by atoms with Crippen molar-refractivity contribution in [2.24, 2.45) is 0 Å². The zero-order valence-electron chi connectivity index (χ0n) is 9.26. The first kappa shape index (κ1) is 11.9. The molecule has 88 valence electrons. The molecule has 0 radical (unpaired) electrons. The molecular weight excluding hydrogens is 270 g/mol. The van der Waals surface area contributed by atoms with Crippen molar-refractivity contribution in [3.63, 3.8) is 0 Å². The molecule has 1 aliphatic rings. The third-order valence-corrected chi connectivity index (χ3v) is 3.70. The van der Waals surface area contributed by atoms with Crippen molar-refractivity contribution in [3.05, 3.63) is 27.7 Å². The Balaban J connectivity index is 2.09. The molecule has 0 atom stereocenters. The molecule has 3 N–H and O–H groups in total. The fraction of sp³-hybridized carbons (Fsp3) is 0.500. The van der Waals surface area contributed by atoms with E-state index in [0.717, 1.165) is 28.4 Å². The lowest BCUT2D eigenvalue weighted by Crippen LogP contribution is -2.34. The predicted molar refractivity (Wildman–Crippen MR) is 66.4 cm³/mol. The highest BCUT2D eigenvalue weighted by Gasteiger charge is 2.41. The van der Waals surface area contributed by atoms with E-state index in [1.54, 1.807) is 0 Å². The van der Waals surface area contributed by atoms with Gasteiger partial charge in [0.05, 0.1) is 11.1 Å². The zero-order valence-corrected chi connectivity index (χ0v) is 10.8. The maximum Gasteiger partial charge on any atom is 0.134 e. The smallest absolute Gasteiger partial charge is 0.134 e. The first-order valence-corrected chi connectivity index (χ1v) is 6.19. The van der Waals surface area contributed by atoms with Crippen LogP contribution in [-0.2, 0) is 6.54 Å². The summed E-state index contributed by atoms with van der Waals surface area (Å²) < 4.78 is 0.721. The number of aromatic hydroxyl groups is 1. The Kier molecular flexibility index (Phi) is 3.24. The van der Waals surface area contributed by atoms with Gasteiger partial charge < -0.3 is 15.5 Å². The van der Waals surface area contributed by atoms with E-state index in [2.05, 4.69) is 21.2 Å². The Bertz CT molecular complexity index is 402. The second-order valence-corrected chi connectivity index (χ2v) is 5.40. The van der Waals surface area contributed by atoms with Gasteiger partial charge >= 0.3 is 0 Å². The van der Waals surface area contributed by atoms with Crippen molar-refractivity contribution in [2.45, 2.75) is 31.8 Å². The SMILES string of the molecule is Cc1cc(Br)c(O)c(CNC2(CO)CC2)c1. The maximum absolute atomic E-state index is 9.86. The van der Waals surface area contributed by atoms with Gasteiger partial charge in [0, 0.05) is 17.6 Å². The number of hydrogen-bond donors (Lipinski definition) is 3. The van der Waals surface area contributed by atoms with E-state index in [0.29, 0.717) is 6.54 Å². The summed E-state index contributed by atoms with van der Waals surface area (Å²) in [5, 5.41) is 22.3. The lowest BCUT2D eigenvalue weighted by molar-refractivity contribution is 0.229. The minimum atomic E-state index is -0.0946. The van der Waals surface area contributed by atoms with Crippen LogP contribution in [-0.4, -0.2) is 22.4 Å². The topological polar surface area (TPSA) is 52.5 Å². The van der Waals surface area contributed by atoms with E-state index in [9.17, 15) is 10.2 Å². The lowest BCUT2D eigenvalue weighted by Gasteiger charge is -2.15. The van der Waals surface area contributed by atoms with E-state index in [1.807, 2.05) is 19.1 Å². The highest BCUT2D eigenvalue weighted by Crippen LogP contribution is 2.36. The molecule has 1 aromatic carbocycles. The van der Waals surface area contributed by atoms with Gasteiger partial charge in [-0.25, -0.2) is 0 Å². The molecule has 0 amide bonds. The number of phenolic OH excluding ortho intramolecular Hbond substituents is 1. The molecule has 1 aromatic rings. The van der Waals surface area contributed by atoms with Crippen LogP contribution in [0.15, 0.2) is 16.6 Å². The molecule has 1 fully saturated rings. The predicted octanol–water partition coefficient (Wildman–Crippen LogP) is 2.08. The van der Waals surface area contributed by atoms with Crippen molar-refractivity contribution >= 4 is 15.9 Å². The number of rotatable bonds is 4. The van der Waals surface area contributed by atoms with Gasteiger partial charge in [-0.15, -0.1) is 0 Å². The number of aliphatic hydroxyl groups is 1. The summed E-state index contributed by atoms with van der Waals surface area (Å²) in [5.41, 5.74) is 1.88. The Hall–Kier alpha value is -0.580. The van der Waals surface area contributed by atoms with Crippen LogP contribution < -0.4 is 5.32 Å². The standard InChI is InChI=1S/C12H16BrNO2/c1-8-4-9(11(16)10(13)5-8)6-14-12(7-15)2-3-12/h4-5,14-16H,2-3,6-7H2,1H3. The molecule has 0 aromatic heterocycles. The average Bonchev–Trinajstić information content (AvgIpc) is 3.02. The van der Waals surface area contributed by atoms with Crippen LogP contribution >= 0.6 is 15.9 Å². The van der Waals surface area contributed by atoms with Crippen molar-refractivity contribution in [3.8, 4) is 5.75 Å². The summed E-state index contributed by atoms with van der Waals surface area (Å²) in [6.07, 6.45) is 2.02. The summed E-state index contributed by atoms with van der Waals surface area (Å²) in [5.74, 6) is 0.284. The summed E-state index contributed by atoms with van der Waals surface area (Å²) in [4.78, 5) is 0. The van der Waals surface area contributed by atoms with E-state index in [4.69, 9.17) is 0 Å². The summed E-state index contributed by atoms with van der Waals surface area (Å²) in [7, 11) is 0. The normalized spacial score (nSPS) is 17.4. The highest BCUT2D eigenvalue weighted by atomic mass is 79.9. The van der Waals surface area contributed by atoms with E-state index in [1.165, 1.54) is 0 Å². The average molecular weight is 286 g/mol. The second-order valence-electron chi connectivity index (χ2n) is 4.55. The van der Waals surface area contributed by atoms with Crippen molar-refractivity contribution < 1.29 is 10.2 Å². The monoisotopic (exact) mass is 285 g/mol. The minimum absolute atomic E-state index is 0.0946. The first-order valence-electron chi connectivity index (χ1n) is 5.40. The Labute approximate surface area is 104 Å². The van der Waals surface area contributed by atoms with Crippen LogP contribution in [0.25, 0.3) is 0 Å². The van der Waals surface area contributed by atoms with Gasteiger partial charge in [0.2, 0.25) is 0 Å². The minimum Gasteiger partial charge on any atom is -0.506 e. The van der Waals surface area contributed by atoms with E-state index < -0.39 is 0 Å². The molecule has 2 rings (SSSR count). The molecule has 4 heteroatoms. The molecule has 1 saturated carbocycles. The van der Waals surface area contributed by atoms with Gasteiger partial charge in [-0.05, 0) is 47.3 Å². The molecule has 0 aliphatic heterocycles. The Morgan fingerprint density at radius 3 is 2.69 bits per heavy atom. The highest BCUT2D eigenvalue weighted by molar-refractivity contribution is 9.10. The zero-order chi connectivity index (χ0) is 11.8. The van der Waals surface area contributed by atoms with Crippen molar-refractivity contribution in [1.82, 2.24) is 5.32 Å². The largest absolute Gasteiger partial charge is 0.506 e. The fourth-order valence-corrected chi connectivity index (χ4v) is 2.38. The molecule has 0 saturated heterocycles. The Morgan fingerprint density at radius 2 is 2.12 bits per heavy atom. The number of hydrogen-bond acceptors (Lipinski definition) is 3. The van der Waals surface area contributed by atoms with E-state index in [-0.39, 0.29) is 17.9 Å². The van der Waals surface area contributed by atoms with Crippen molar-refractivity contribution in [1.29, 1.82) is 0 Å². The van der Waals surface area contributed by atoms with Gasteiger partial charge in [0.15, 0.2) is 0 Å². The van der Waals surface area contributed by atoms with Gasteiger partial charge in [-0.1, -0.05) is 6.07 Å². The molecule has 3 nitrogen and oxygen atoms in total. The molecule has 0 spiro atoms. The lowest BCUT2D eigenvalue weighted by atomic mass is 10.1. The van der Waals surface area contributed by atoms with Crippen LogP contribution in [0, 0.1) is 6.92 Å². The first-order chi connectivity index (χ1) is 7.56. The van der Waals surface area contributed by atoms with E-state index >= 15 is 0 Å². The number of halogens is 1. The maximum atomic E-state index is 9.86. The van der Waals surface area contributed by atoms with Crippen LogP contribution in [0.5, 0.6) is 5.75 Å². The number of benzene rings is 1. The van der Waals surface area contributed by atoms with Crippen LogP contribution in [0.1, 0.15) is 24.0 Å². The van der Waals surface area contributed by atoms with Crippen LogP contribution in [0.4, 0.5) is 0 Å². The molecule has 0 bridgehead atoms. The van der Waals surface area contributed by atoms with Crippen LogP contribution in [0.3, 0.4) is 0 Å². The molecule has 16 heavy (non-hydrogen) atoms. The van der Waals surface area contributed by atoms with Gasteiger partial charge in [-0.3, -0.25) is 0 Å². The molecule has 0 heterocycles. The fourth-order valence-electron chi connectivity index (χ4n) is 1.77. The molecular formula is C12H16BrNO2. The second kappa shape index (κ2) is 4.35. The molecule has 1 aliphatic carbocycles. The summed E-state index contributed by atoms with van der Waals surface area (Å²) >= 11 is 3.32. The third kappa shape index (κ3) is 2.39. The Morgan fingerprint density at radius 1 is 1.44 bits per heavy atom. The summed E-state index contributed by atoms with van der Waals surface area (Å²) in [6, 6.07) is 3.85. The number of aryl methyl sites for hydroxylation is 1. The number of nitrogens with one attached hydrogen (secondary N) is 1. The number of phenols is 1. The quantitative estimate of drug-likeness (QED) is 0.794. The molecule has 0 unspecified atom stereocenters. The van der Waals surface area contributed by atoms with Gasteiger partial charge in [-0.2, -0.15) is 0 Å². The van der Waals surface area contributed by atoms with Gasteiger partial charge in [0.1, 0.15) is 5.75 Å². The van der Waals surface area contributed by atoms with Gasteiger partial charge in [0.25, 0.3) is 0 Å². The third-order valence-electron chi connectivity index (χ3n) is 3.10. The van der Waals surface area contributed by atoms with Crippen molar-refractivity contribution in [2.75, 3.05) is 6.61 Å². The van der Waals surface area contributed by atoms with Crippen LogP contribution in [0.2, 0.25) is 0 Å². The number of aliphatic hydroxyl groups excluding tert-OH is 1.